The zero-order valence-corrected chi connectivity index (χ0v) is 12.3. The molecule has 1 heterocycles. The smallest absolute Gasteiger partial charge is 0.151 e. The number of pyridine rings is 1. The molecule has 0 aromatic carbocycles. The SMILES string of the molecule is Cc1cc(C=O)cnc1N(C)CC1(N(C)C)CCC1. The van der Waals surface area contributed by atoms with Gasteiger partial charge in [0, 0.05) is 30.9 Å². The summed E-state index contributed by atoms with van der Waals surface area (Å²) in [7, 11) is 6.39. The zero-order valence-electron chi connectivity index (χ0n) is 12.3. The van der Waals surface area contributed by atoms with Crippen LogP contribution in [-0.2, 0) is 0 Å². The van der Waals surface area contributed by atoms with Gasteiger partial charge in [-0.2, -0.15) is 0 Å². The Hall–Kier alpha value is -1.42. The highest BCUT2D eigenvalue weighted by atomic mass is 16.1. The molecule has 0 atom stereocenters. The van der Waals surface area contributed by atoms with E-state index in [1.807, 2.05) is 13.0 Å². The van der Waals surface area contributed by atoms with Crippen LogP contribution in [0, 0.1) is 6.92 Å². The van der Waals surface area contributed by atoms with Crippen LogP contribution >= 0.6 is 0 Å². The second kappa shape index (κ2) is 5.29. The standard InChI is InChI=1S/C15H23N3O/c1-12-8-13(10-19)9-16-14(12)18(4)11-15(17(2)3)6-5-7-15/h8-10H,5-7,11H2,1-4H3. The van der Waals surface area contributed by atoms with Crippen molar-refractivity contribution in [3.63, 3.8) is 0 Å². The minimum Gasteiger partial charge on any atom is -0.358 e. The van der Waals surface area contributed by atoms with E-state index >= 15 is 0 Å². The molecule has 0 N–H and O–H groups in total. The van der Waals surface area contributed by atoms with Crippen molar-refractivity contribution >= 4 is 12.1 Å². The summed E-state index contributed by atoms with van der Waals surface area (Å²) >= 11 is 0. The van der Waals surface area contributed by atoms with Crippen molar-refractivity contribution in [3.8, 4) is 0 Å². The number of carbonyl (C=O) groups excluding carboxylic acids is 1. The van der Waals surface area contributed by atoms with E-state index in [0.717, 1.165) is 24.2 Å². The molecule has 1 aromatic heterocycles. The molecule has 1 saturated carbocycles. The van der Waals surface area contributed by atoms with E-state index in [2.05, 4.69) is 35.9 Å². The topological polar surface area (TPSA) is 36.4 Å². The molecule has 1 aliphatic rings. The molecule has 1 fully saturated rings. The molecule has 0 radical (unpaired) electrons. The molecule has 1 aromatic rings. The summed E-state index contributed by atoms with van der Waals surface area (Å²) in [5.41, 5.74) is 1.98. The number of hydrogen-bond acceptors (Lipinski definition) is 4. The van der Waals surface area contributed by atoms with Crippen molar-refractivity contribution in [2.24, 2.45) is 0 Å². The van der Waals surface area contributed by atoms with Crippen LogP contribution in [0.5, 0.6) is 0 Å². The predicted molar refractivity (Wildman–Crippen MR) is 77.9 cm³/mol. The third-order valence-corrected chi connectivity index (χ3v) is 4.33. The van der Waals surface area contributed by atoms with Crippen LogP contribution in [-0.4, -0.2) is 49.4 Å². The largest absolute Gasteiger partial charge is 0.358 e. The quantitative estimate of drug-likeness (QED) is 0.761. The van der Waals surface area contributed by atoms with Crippen molar-refractivity contribution in [2.75, 3.05) is 32.6 Å². The first-order chi connectivity index (χ1) is 8.98. The maximum absolute atomic E-state index is 10.8. The van der Waals surface area contributed by atoms with Crippen LogP contribution in [0.4, 0.5) is 5.82 Å². The lowest BCUT2D eigenvalue weighted by Gasteiger charge is -2.49. The third kappa shape index (κ3) is 2.63. The summed E-state index contributed by atoms with van der Waals surface area (Å²) in [6.45, 7) is 2.99. The van der Waals surface area contributed by atoms with Crippen LogP contribution in [0.15, 0.2) is 12.3 Å². The summed E-state index contributed by atoms with van der Waals surface area (Å²) in [5, 5.41) is 0. The van der Waals surface area contributed by atoms with Gasteiger partial charge in [-0.25, -0.2) is 4.98 Å². The van der Waals surface area contributed by atoms with Crippen molar-refractivity contribution < 1.29 is 4.79 Å². The lowest BCUT2D eigenvalue weighted by Crippen LogP contribution is -2.57. The first-order valence-electron chi connectivity index (χ1n) is 6.79. The summed E-state index contributed by atoms with van der Waals surface area (Å²) in [4.78, 5) is 19.7. The molecular weight excluding hydrogens is 238 g/mol. The molecule has 4 nitrogen and oxygen atoms in total. The normalized spacial score (nSPS) is 17.1. The fourth-order valence-electron chi connectivity index (χ4n) is 2.90. The van der Waals surface area contributed by atoms with E-state index in [1.165, 1.54) is 19.3 Å². The van der Waals surface area contributed by atoms with Gasteiger partial charge in [0.1, 0.15) is 5.82 Å². The fraction of sp³-hybridized carbons (Fsp3) is 0.600. The van der Waals surface area contributed by atoms with E-state index in [4.69, 9.17) is 0 Å². The zero-order chi connectivity index (χ0) is 14.0. The Labute approximate surface area is 115 Å². The Balaban J connectivity index is 2.15. The molecule has 104 valence electrons. The number of aryl methyl sites for hydroxylation is 1. The second-order valence-electron chi connectivity index (χ2n) is 5.86. The van der Waals surface area contributed by atoms with Crippen LogP contribution in [0.3, 0.4) is 0 Å². The molecule has 2 rings (SSSR count). The first-order valence-corrected chi connectivity index (χ1v) is 6.79. The summed E-state index contributed by atoms with van der Waals surface area (Å²) in [6, 6.07) is 1.90. The molecule has 1 aliphatic carbocycles. The Morgan fingerprint density at radius 3 is 2.47 bits per heavy atom. The number of nitrogens with zero attached hydrogens (tertiary/aromatic N) is 3. The van der Waals surface area contributed by atoms with E-state index in [0.29, 0.717) is 5.56 Å². The van der Waals surface area contributed by atoms with Gasteiger partial charge in [-0.1, -0.05) is 0 Å². The average Bonchev–Trinajstić information content (AvgIpc) is 2.32. The highest BCUT2D eigenvalue weighted by molar-refractivity contribution is 5.75. The van der Waals surface area contributed by atoms with E-state index in [-0.39, 0.29) is 5.54 Å². The Bertz CT molecular complexity index is 466. The van der Waals surface area contributed by atoms with Gasteiger partial charge in [0.2, 0.25) is 0 Å². The first kappa shape index (κ1) is 14.0. The van der Waals surface area contributed by atoms with Crippen molar-refractivity contribution in [1.29, 1.82) is 0 Å². The molecule has 0 aliphatic heterocycles. The summed E-state index contributed by atoms with van der Waals surface area (Å²) < 4.78 is 0. The Morgan fingerprint density at radius 2 is 2.05 bits per heavy atom. The maximum atomic E-state index is 10.8. The van der Waals surface area contributed by atoms with Crippen molar-refractivity contribution in [2.45, 2.75) is 31.7 Å². The lowest BCUT2D eigenvalue weighted by molar-refractivity contribution is 0.0681. The maximum Gasteiger partial charge on any atom is 0.151 e. The number of hydrogen-bond donors (Lipinski definition) is 0. The molecule has 19 heavy (non-hydrogen) atoms. The van der Waals surface area contributed by atoms with Crippen LogP contribution in [0.2, 0.25) is 0 Å². The monoisotopic (exact) mass is 261 g/mol. The number of rotatable bonds is 5. The molecule has 4 heteroatoms. The summed E-state index contributed by atoms with van der Waals surface area (Å²) in [5.74, 6) is 0.971. The molecular formula is C15H23N3O. The highest BCUT2D eigenvalue weighted by Gasteiger charge is 2.40. The number of aromatic nitrogens is 1. The molecule has 0 amide bonds. The van der Waals surface area contributed by atoms with E-state index < -0.39 is 0 Å². The predicted octanol–water partition coefficient (Wildman–Crippen LogP) is 2.12. The van der Waals surface area contributed by atoms with E-state index in [9.17, 15) is 4.79 Å². The van der Waals surface area contributed by atoms with Crippen LogP contribution in [0.1, 0.15) is 35.2 Å². The van der Waals surface area contributed by atoms with Gasteiger partial charge in [0.15, 0.2) is 6.29 Å². The second-order valence-corrected chi connectivity index (χ2v) is 5.86. The minimum atomic E-state index is 0.284. The van der Waals surface area contributed by atoms with Crippen LogP contribution < -0.4 is 4.90 Å². The van der Waals surface area contributed by atoms with Crippen LogP contribution in [0.25, 0.3) is 0 Å². The summed E-state index contributed by atoms with van der Waals surface area (Å²) in [6.07, 6.45) is 6.29. The Kier molecular flexibility index (Phi) is 3.90. The van der Waals surface area contributed by atoms with Gasteiger partial charge in [0.25, 0.3) is 0 Å². The highest BCUT2D eigenvalue weighted by Crippen LogP contribution is 2.37. The van der Waals surface area contributed by atoms with Crippen molar-refractivity contribution in [3.05, 3.63) is 23.4 Å². The minimum absolute atomic E-state index is 0.284. The van der Waals surface area contributed by atoms with Gasteiger partial charge >= 0.3 is 0 Å². The van der Waals surface area contributed by atoms with Gasteiger partial charge in [-0.3, -0.25) is 4.79 Å². The van der Waals surface area contributed by atoms with Gasteiger partial charge < -0.3 is 9.80 Å². The number of aldehydes is 1. The van der Waals surface area contributed by atoms with Gasteiger partial charge in [-0.15, -0.1) is 0 Å². The molecule has 0 spiro atoms. The average molecular weight is 261 g/mol. The number of likely N-dealkylation sites (N-methyl/N-ethyl adjacent to an activating group) is 2. The van der Waals surface area contributed by atoms with E-state index in [1.54, 1.807) is 6.20 Å². The number of carbonyl (C=O) groups is 1. The van der Waals surface area contributed by atoms with Gasteiger partial charge in [0.05, 0.1) is 0 Å². The number of anilines is 1. The van der Waals surface area contributed by atoms with Gasteiger partial charge in [-0.05, 0) is 51.9 Å². The molecule has 0 unspecified atom stereocenters. The van der Waals surface area contributed by atoms with Crippen molar-refractivity contribution in [1.82, 2.24) is 9.88 Å². The lowest BCUT2D eigenvalue weighted by atomic mass is 9.75. The fourth-order valence-corrected chi connectivity index (χ4v) is 2.90. The molecule has 0 bridgehead atoms. The molecule has 0 saturated heterocycles. The Morgan fingerprint density at radius 1 is 1.37 bits per heavy atom. The third-order valence-electron chi connectivity index (χ3n) is 4.33.